The van der Waals surface area contributed by atoms with E-state index in [4.69, 9.17) is 9.47 Å². The van der Waals surface area contributed by atoms with Gasteiger partial charge in [-0.3, -0.25) is 9.71 Å². The van der Waals surface area contributed by atoms with E-state index in [2.05, 4.69) is 21.1 Å². The second-order valence-corrected chi connectivity index (χ2v) is 11.6. The normalized spacial score (nSPS) is 19.1. The maximum atomic E-state index is 14.8. The maximum Gasteiger partial charge on any atom is 0.301 e. The number of hydrogen-bond donors (Lipinski definition) is 2. The first kappa shape index (κ1) is 26.3. The topological polar surface area (TPSA) is 117 Å². The van der Waals surface area contributed by atoms with Crippen molar-refractivity contribution in [1.82, 2.24) is 14.6 Å². The molecular weight excluding hydrogens is 509 g/mol. The van der Waals surface area contributed by atoms with Crippen LogP contribution in [0.4, 0.5) is 10.1 Å². The summed E-state index contributed by atoms with van der Waals surface area (Å²) < 4.78 is 55.3. The Morgan fingerprint density at radius 1 is 1.29 bits per heavy atom. The SMILES string of the molecule is CCN(C)S(=O)(=O)Nc1ccc(F)c(Oc2ccc3ncc(C4COC5(CCNCC5)C4)cc3c2)c1C#N. The number of benzene rings is 2. The lowest BCUT2D eigenvalue weighted by molar-refractivity contribution is -0.0193. The molecule has 2 fully saturated rings. The molecule has 0 bridgehead atoms. The molecule has 1 atom stereocenters. The highest BCUT2D eigenvalue weighted by atomic mass is 32.2. The molecule has 0 saturated carbocycles. The van der Waals surface area contributed by atoms with Crippen molar-refractivity contribution in [2.75, 3.05) is 38.0 Å². The molecule has 2 aliphatic heterocycles. The maximum absolute atomic E-state index is 14.8. The molecule has 0 amide bonds. The van der Waals surface area contributed by atoms with E-state index in [9.17, 15) is 18.1 Å². The number of ether oxygens (including phenoxy) is 2. The highest BCUT2D eigenvalue weighted by Gasteiger charge is 2.41. The van der Waals surface area contributed by atoms with E-state index in [0.29, 0.717) is 12.4 Å². The molecular formula is C27H30FN5O4S. The average molecular weight is 540 g/mol. The average Bonchev–Trinajstić information content (AvgIpc) is 3.32. The van der Waals surface area contributed by atoms with E-state index in [1.54, 1.807) is 25.1 Å². The fourth-order valence-electron chi connectivity index (χ4n) is 5.06. The third kappa shape index (κ3) is 5.17. The number of pyridine rings is 1. The third-order valence-electron chi connectivity index (χ3n) is 7.41. The van der Waals surface area contributed by atoms with E-state index < -0.39 is 16.0 Å². The minimum absolute atomic E-state index is 0.0676. The molecule has 2 aliphatic rings. The summed E-state index contributed by atoms with van der Waals surface area (Å²) in [6.07, 6.45) is 4.83. The van der Waals surface area contributed by atoms with Crippen LogP contribution >= 0.6 is 0 Å². The summed E-state index contributed by atoms with van der Waals surface area (Å²) in [5, 5.41) is 14.0. The first-order chi connectivity index (χ1) is 18.2. The van der Waals surface area contributed by atoms with Gasteiger partial charge in [-0.25, -0.2) is 4.39 Å². The molecule has 2 N–H and O–H groups in total. The van der Waals surface area contributed by atoms with Gasteiger partial charge >= 0.3 is 10.2 Å². The first-order valence-electron chi connectivity index (χ1n) is 12.6. The molecule has 2 aromatic carbocycles. The molecule has 38 heavy (non-hydrogen) atoms. The zero-order chi connectivity index (χ0) is 26.9. The monoisotopic (exact) mass is 539 g/mol. The lowest BCUT2D eigenvalue weighted by Crippen LogP contribution is -2.41. The predicted molar refractivity (Wildman–Crippen MR) is 142 cm³/mol. The Hall–Kier alpha value is -3.30. The molecule has 9 nitrogen and oxygen atoms in total. The van der Waals surface area contributed by atoms with Crippen molar-refractivity contribution in [3.05, 3.63) is 59.5 Å². The van der Waals surface area contributed by atoms with Gasteiger partial charge in [0, 0.05) is 31.1 Å². The van der Waals surface area contributed by atoms with Crippen molar-refractivity contribution in [3.63, 3.8) is 0 Å². The van der Waals surface area contributed by atoms with Crippen molar-refractivity contribution in [3.8, 4) is 17.6 Å². The van der Waals surface area contributed by atoms with Crippen molar-refractivity contribution in [2.45, 2.75) is 37.7 Å². The fourth-order valence-corrected chi connectivity index (χ4v) is 6.00. The van der Waals surface area contributed by atoms with E-state index in [1.165, 1.54) is 13.1 Å². The molecule has 200 valence electrons. The van der Waals surface area contributed by atoms with Gasteiger partial charge in [-0.2, -0.15) is 18.0 Å². The zero-order valence-corrected chi connectivity index (χ0v) is 22.1. The summed E-state index contributed by atoms with van der Waals surface area (Å²) in [5.41, 5.74) is 1.44. The molecule has 5 rings (SSSR count). The molecule has 1 unspecified atom stereocenters. The van der Waals surface area contributed by atoms with Gasteiger partial charge < -0.3 is 14.8 Å². The van der Waals surface area contributed by atoms with Gasteiger partial charge in [0.25, 0.3) is 0 Å². The smallest absolute Gasteiger partial charge is 0.301 e. The Bertz CT molecular complexity index is 1500. The number of fused-ring (bicyclic) bond motifs is 1. The molecule has 1 aromatic heterocycles. The minimum Gasteiger partial charge on any atom is -0.453 e. The molecule has 0 aliphatic carbocycles. The summed E-state index contributed by atoms with van der Waals surface area (Å²) in [6.45, 7) is 4.47. The summed E-state index contributed by atoms with van der Waals surface area (Å²) in [6, 6.07) is 11.3. The molecule has 1 spiro atoms. The standard InChI is InChI=1S/C27H30FN5O4S/c1-3-33(2)38(34,35)32-25-7-5-23(28)26(22(25)15-29)37-21-4-6-24-18(13-21)12-19(16-31-24)20-14-27(36-17-20)8-10-30-11-9-27/h4-7,12-13,16,20,30,32H,3,8-11,14,17H2,1-2H3. The lowest BCUT2D eigenvalue weighted by atomic mass is 9.84. The number of nitriles is 1. The van der Waals surface area contributed by atoms with Crippen molar-refractivity contribution < 1.29 is 22.3 Å². The summed E-state index contributed by atoms with van der Waals surface area (Å²) >= 11 is 0. The van der Waals surface area contributed by atoms with Gasteiger partial charge in [0.05, 0.1) is 23.4 Å². The van der Waals surface area contributed by atoms with Crippen molar-refractivity contribution in [1.29, 1.82) is 5.26 Å². The van der Waals surface area contributed by atoms with Crippen LogP contribution in [0.25, 0.3) is 10.9 Å². The highest BCUT2D eigenvalue weighted by molar-refractivity contribution is 7.90. The van der Waals surface area contributed by atoms with Crippen LogP contribution in [0, 0.1) is 17.1 Å². The van der Waals surface area contributed by atoms with Gasteiger partial charge in [0.1, 0.15) is 17.4 Å². The molecule has 3 aromatic rings. The fraction of sp³-hybridized carbons (Fsp3) is 0.407. The van der Waals surface area contributed by atoms with Crippen LogP contribution in [0.2, 0.25) is 0 Å². The number of nitrogens with zero attached hydrogens (tertiary/aromatic N) is 3. The van der Waals surface area contributed by atoms with Crippen LogP contribution in [0.1, 0.15) is 43.2 Å². The van der Waals surface area contributed by atoms with Gasteiger partial charge in [-0.05, 0) is 74.3 Å². The zero-order valence-electron chi connectivity index (χ0n) is 21.3. The van der Waals surface area contributed by atoms with Crippen LogP contribution < -0.4 is 14.8 Å². The number of halogens is 1. The first-order valence-corrected chi connectivity index (χ1v) is 14.1. The number of hydrogen-bond acceptors (Lipinski definition) is 7. The molecule has 3 heterocycles. The molecule has 2 saturated heterocycles. The number of nitrogens with one attached hydrogen (secondary N) is 2. The summed E-state index contributed by atoms with van der Waals surface area (Å²) in [4.78, 5) is 4.61. The molecule has 0 radical (unpaired) electrons. The number of aromatic nitrogens is 1. The highest BCUT2D eigenvalue weighted by Crippen LogP contribution is 2.42. The second kappa shape index (κ2) is 10.5. The van der Waals surface area contributed by atoms with Crippen LogP contribution in [-0.2, 0) is 14.9 Å². The Morgan fingerprint density at radius 3 is 2.82 bits per heavy atom. The Morgan fingerprint density at radius 2 is 2.08 bits per heavy atom. The molecule has 11 heteroatoms. The Kier molecular flexibility index (Phi) is 7.24. The third-order valence-corrected chi connectivity index (χ3v) is 8.96. The van der Waals surface area contributed by atoms with Crippen LogP contribution in [0.3, 0.4) is 0 Å². The van der Waals surface area contributed by atoms with Gasteiger partial charge in [-0.15, -0.1) is 0 Å². The van der Waals surface area contributed by atoms with Gasteiger partial charge in [-0.1, -0.05) is 6.92 Å². The van der Waals surface area contributed by atoms with Gasteiger partial charge in [0.15, 0.2) is 11.6 Å². The summed E-state index contributed by atoms with van der Waals surface area (Å²) in [7, 11) is -2.52. The number of anilines is 1. The van der Waals surface area contributed by atoms with Crippen molar-refractivity contribution >= 4 is 26.8 Å². The second-order valence-electron chi connectivity index (χ2n) is 9.80. The van der Waals surface area contributed by atoms with Crippen LogP contribution in [0.5, 0.6) is 11.5 Å². The summed E-state index contributed by atoms with van der Waals surface area (Å²) in [5.74, 6) is -0.596. The Labute approximate surface area is 221 Å². The number of rotatable bonds is 7. The van der Waals surface area contributed by atoms with Crippen LogP contribution in [-0.4, -0.2) is 56.6 Å². The largest absolute Gasteiger partial charge is 0.453 e. The van der Waals surface area contributed by atoms with Crippen molar-refractivity contribution in [2.24, 2.45) is 0 Å². The van der Waals surface area contributed by atoms with E-state index in [-0.39, 0.29) is 35.1 Å². The number of piperidine rings is 1. The Balaban J connectivity index is 1.42. The van der Waals surface area contributed by atoms with Crippen LogP contribution in [0.15, 0.2) is 42.6 Å². The van der Waals surface area contributed by atoms with E-state index >= 15 is 0 Å². The lowest BCUT2D eigenvalue weighted by Gasteiger charge is -2.33. The predicted octanol–water partition coefficient (Wildman–Crippen LogP) is 4.27. The van der Waals surface area contributed by atoms with Gasteiger partial charge in [0.2, 0.25) is 0 Å². The minimum atomic E-state index is -3.92. The van der Waals surface area contributed by atoms with E-state index in [1.807, 2.05) is 12.3 Å². The van der Waals surface area contributed by atoms with E-state index in [0.717, 1.165) is 59.2 Å². The quantitative estimate of drug-likeness (QED) is 0.461.